The largest absolute Gasteiger partial charge is 0.338 e. The average molecular weight is 312 g/mol. The van der Waals surface area contributed by atoms with Crippen molar-refractivity contribution in [3.05, 3.63) is 29.8 Å². The maximum Gasteiger partial charge on any atom is 0.321 e. The van der Waals surface area contributed by atoms with Gasteiger partial charge in [0, 0.05) is 37.8 Å². The molecule has 3 amide bonds. The molecule has 3 rings (SSSR count). The number of urea groups is 1. The van der Waals surface area contributed by atoms with Gasteiger partial charge < -0.3 is 15.1 Å². The molecule has 0 spiro atoms. The summed E-state index contributed by atoms with van der Waals surface area (Å²) in [4.78, 5) is 28.0. The molecule has 1 aromatic carbocycles. The number of nitriles is 1. The normalized spacial score (nSPS) is 21.2. The van der Waals surface area contributed by atoms with E-state index in [2.05, 4.69) is 11.4 Å². The Hall–Kier alpha value is -2.55. The standard InChI is InChI=1S/C17H20N4O2/c18-11-13-4-1-5-14(10-13)19-17(23)20-8-2-6-15(12-20)21-9-3-7-16(21)22/h1,4-5,10,15H,2-3,6-9,12H2,(H,19,23)/t15-/m1/s1. The van der Waals surface area contributed by atoms with Crippen molar-refractivity contribution in [1.29, 1.82) is 5.26 Å². The van der Waals surface area contributed by atoms with Gasteiger partial charge in [-0.2, -0.15) is 5.26 Å². The first-order chi connectivity index (χ1) is 11.2. The Morgan fingerprint density at radius 1 is 1.30 bits per heavy atom. The summed E-state index contributed by atoms with van der Waals surface area (Å²) in [7, 11) is 0. The number of nitrogens with one attached hydrogen (secondary N) is 1. The zero-order valence-electron chi connectivity index (χ0n) is 13.0. The van der Waals surface area contributed by atoms with Crippen LogP contribution in [0.3, 0.4) is 0 Å². The van der Waals surface area contributed by atoms with Gasteiger partial charge in [0.15, 0.2) is 0 Å². The Balaban J connectivity index is 1.62. The van der Waals surface area contributed by atoms with Crippen LogP contribution in [0.5, 0.6) is 0 Å². The maximum atomic E-state index is 12.4. The van der Waals surface area contributed by atoms with E-state index in [0.29, 0.717) is 30.8 Å². The lowest BCUT2D eigenvalue weighted by molar-refractivity contribution is -0.130. The molecule has 2 heterocycles. The van der Waals surface area contributed by atoms with Gasteiger partial charge in [-0.1, -0.05) is 6.07 Å². The summed E-state index contributed by atoms with van der Waals surface area (Å²) < 4.78 is 0. The molecule has 1 atom stereocenters. The summed E-state index contributed by atoms with van der Waals surface area (Å²) >= 11 is 0. The van der Waals surface area contributed by atoms with E-state index < -0.39 is 0 Å². The minimum atomic E-state index is -0.170. The van der Waals surface area contributed by atoms with E-state index in [1.54, 1.807) is 29.2 Å². The van der Waals surface area contributed by atoms with Crippen LogP contribution < -0.4 is 5.32 Å². The number of nitrogens with zero attached hydrogens (tertiary/aromatic N) is 3. The molecule has 6 heteroatoms. The second-order valence-corrected chi connectivity index (χ2v) is 6.06. The van der Waals surface area contributed by atoms with Crippen LogP contribution in [0.2, 0.25) is 0 Å². The fourth-order valence-corrected chi connectivity index (χ4v) is 3.32. The Labute approximate surface area is 135 Å². The van der Waals surface area contributed by atoms with Gasteiger partial charge in [-0.05, 0) is 37.5 Å². The second-order valence-electron chi connectivity index (χ2n) is 6.06. The molecule has 2 aliphatic rings. The topological polar surface area (TPSA) is 76.4 Å². The first-order valence-electron chi connectivity index (χ1n) is 8.03. The van der Waals surface area contributed by atoms with Gasteiger partial charge in [0.2, 0.25) is 5.91 Å². The second kappa shape index (κ2) is 6.69. The van der Waals surface area contributed by atoms with Crippen LogP contribution in [0, 0.1) is 11.3 Å². The number of anilines is 1. The monoisotopic (exact) mass is 312 g/mol. The number of likely N-dealkylation sites (tertiary alicyclic amines) is 2. The molecule has 23 heavy (non-hydrogen) atoms. The molecule has 1 aromatic rings. The molecule has 0 saturated carbocycles. The zero-order valence-corrected chi connectivity index (χ0v) is 13.0. The first kappa shape index (κ1) is 15.3. The van der Waals surface area contributed by atoms with Gasteiger partial charge in [0.1, 0.15) is 0 Å². The Morgan fingerprint density at radius 2 is 2.17 bits per heavy atom. The number of benzene rings is 1. The molecule has 2 aliphatic heterocycles. The number of piperidine rings is 1. The highest BCUT2D eigenvalue weighted by atomic mass is 16.2. The van der Waals surface area contributed by atoms with Crippen molar-refractivity contribution < 1.29 is 9.59 Å². The summed E-state index contributed by atoms with van der Waals surface area (Å²) in [5, 5.41) is 11.8. The molecule has 0 aromatic heterocycles. The van der Waals surface area contributed by atoms with Crippen molar-refractivity contribution in [3.8, 4) is 6.07 Å². The lowest BCUT2D eigenvalue weighted by Gasteiger charge is -2.37. The van der Waals surface area contributed by atoms with E-state index >= 15 is 0 Å². The van der Waals surface area contributed by atoms with Crippen LogP contribution in [-0.4, -0.2) is 47.4 Å². The van der Waals surface area contributed by atoms with E-state index in [9.17, 15) is 9.59 Å². The number of carbonyl (C=O) groups is 2. The maximum absolute atomic E-state index is 12.4. The summed E-state index contributed by atoms with van der Waals surface area (Å²) in [6, 6.07) is 8.89. The van der Waals surface area contributed by atoms with E-state index in [4.69, 9.17) is 5.26 Å². The number of carbonyl (C=O) groups excluding carboxylic acids is 2. The van der Waals surface area contributed by atoms with Crippen molar-refractivity contribution >= 4 is 17.6 Å². The van der Waals surface area contributed by atoms with E-state index in [1.807, 2.05) is 4.90 Å². The smallest absolute Gasteiger partial charge is 0.321 e. The van der Waals surface area contributed by atoms with E-state index in [1.165, 1.54) is 0 Å². The Morgan fingerprint density at radius 3 is 2.91 bits per heavy atom. The third kappa shape index (κ3) is 3.45. The van der Waals surface area contributed by atoms with Crippen molar-refractivity contribution in [1.82, 2.24) is 9.80 Å². The van der Waals surface area contributed by atoms with Gasteiger partial charge in [0.25, 0.3) is 0 Å². The van der Waals surface area contributed by atoms with Gasteiger partial charge >= 0.3 is 6.03 Å². The van der Waals surface area contributed by atoms with E-state index in [-0.39, 0.29) is 18.0 Å². The van der Waals surface area contributed by atoms with Crippen LogP contribution in [0.15, 0.2) is 24.3 Å². The summed E-state index contributed by atoms with van der Waals surface area (Å²) in [6.07, 6.45) is 3.41. The fourth-order valence-electron chi connectivity index (χ4n) is 3.32. The van der Waals surface area contributed by atoms with Crippen molar-refractivity contribution in [3.63, 3.8) is 0 Å². The van der Waals surface area contributed by atoms with Crippen LogP contribution in [0.25, 0.3) is 0 Å². The molecule has 1 N–H and O–H groups in total. The number of hydrogen-bond acceptors (Lipinski definition) is 3. The lowest BCUT2D eigenvalue weighted by Crippen LogP contribution is -2.51. The van der Waals surface area contributed by atoms with Gasteiger partial charge in [-0.15, -0.1) is 0 Å². The molecule has 120 valence electrons. The molecule has 0 unspecified atom stereocenters. The first-order valence-corrected chi connectivity index (χ1v) is 8.03. The molecule has 0 bridgehead atoms. The average Bonchev–Trinajstić information content (AvgIpc) is 3.01. The van der Waals surface area contributed by atoms with Crippen LogP contribution in [0.1, 0.15) is 31.2 Å². The Bertz CT molecular complexity index is 652. The molecule has 6 nitrogen and oxygen atoms in total. The lowest BCUT2D eigenvalue weighted by atomic mass is 10.0. The van der Waals surface area contributed by atoms with Crippen molar-refractivity contribution in [2.45, 2.75) is 31.7 Å². The van der Waals surface area contributed by atoms with Gasteiger partial charge in [0.05, 0.1) is 11.6 Å². The molecule has 0 radical (unpaired) electrons. The number of amides is 3. The van der Waals surface area contributed by atoms with Crippen molar-refractivity contribution in [2.75, 3.05) is 25.0 Å². The predicted molar refractivity (Wildman–Crippen MR) is 85.7 cm³/mol. The summed E-state index contributed by atoms with van der Waals surface area (Å²) in [5.74, 6) is 0.207. The van der Waals surface area contributed by atoms with Crippen LogP contribution >= 0.6 is 0 Å². The molecule has 2 fully saturated rings. The fraction of sp³-hybridized carbons (Fsp3) is 0.471. The van der Waals surface area contributed by atoms with Gasteiger partial charge in [-0.3, -0.25) is 4.79 Å². The van der Waals surface area contributed by atoms with Gasteiger partial charge in [-0.25, -0.2) is 4.79 Å². The molecular weight excluding hydrogens is 292 g/mol. The third-order valence-corrected chi connectivity index (χ3v) is 4.48. The number of hydrogen-bond donors (Lipinski definition) is 1. The highest BCUT2D eigenvalue weighted by Gasteiger charge is 2.32. The van der Waals surface area contributed by atoms with Crippen LogP contribution in [-0.2, 0) is 4.79 Å². The van der Waals surface area contributed by atoms with Crippen LogP contribution in [0.4, 0.5) is 10.5 Å². The SMILES string of the molecule is N#Cc1cccc(NC(=O)N2CCC[C@@H](N3CCCC3=O)C2)c1. The minimum Gasteiger partial charge on any atom is -0.338 e. The number of rotatable bonds is 2. The molecule has 2 saturated heterocycles. The Kier molecular flexibility index (Phi) is 4.47. The summed E-state index contributed by atoms with van der Waals surface area (Å²) in [5.41, 5.74) is 1.13. The molecular formula is C17H20N4O2. The third-order valence-electron chi connectivity index (χ3n) is 4.48. The van der Waals surface area contributed by atoms with E-state index in [0.717, 1.165) is 25.8 Å². The molecule has 0 aliphatic carbocycles. The highest BCUT2D eigenvalue weighted by molar-refractivity contribution is 5.89. The minimum absolute atomic E-state index is 0.134. The van der Waals surface area contributed by atoms with Crippen molar-refractivity contribution in [2.24, 2.45) is 0 Å². The highest BCUT2D eigenvalue weighted by Crippen LogP contribution is 2.22. The summed E-state index contributed by atoms with van der Waals surface area (Å²) in [6.45, 7) is 2.08. The predicted octanol–water partition coefficient (Wildman–Crippen LogP) is 2.18. The quantitative estimate of drug-likeness (QED) is 0.909. The zero-order chi connectivity index (χ0) is 16.2.